The van der Waals surface area contributed by atoms with E-state index in [1.165, 1.54) is 23.8 Å². The number of carbonyl (C=O) groups excluding carboxylic acids is 3. The molecule has 1 aromatic heterocycles. The largest absolute Gasteiger partial charge is 0.338 e. The molecule has 1 unspecified atom stereocenters. The lowest BCUT2D eigenvalue weighted by Gasteiger charge is -2.17. The number of rotatable bonds is 5. The number of fused-ring (bicyclic) bond motifs is 1. The summed E-state index contributed by atoms with van der Waals surface area (Å²) < 4.78 is 0.861. The maximum Gasteiger partial charge on any atom is 0.229 e. The molecule has 2 N–H and O–H groups in total. The lowest BCUT2D eigenvalue weighted by molar-refractivity contribution is -0.128. The van der Waals surface area contributed by atoms with Crippen LogP contribution in [-0.4, -0.2) is 34.2 Å². The zero-order chi connectivity index (χ0) is 21.3. The first-order valence-electron chi connectivity index (χ1n) is 9.70. The van der Waals surface area contributed by atoms with Gasteiger partial charge in [0, 0.05) is 32.1 Å². The summed E-state index contributed by atoms with van der Waals surface area (Å²) in [5, 5.41) is 6.10. The third kappa shape index (κ3) is 4.49. The minimum Gasteiger partial charge on any atom is -0.338 e. The molecule has 8 heteroatoms. The Morgan fingerprint density at radius 1 is 1.17 bits per heavy atom. The van der Waals surface area contributed by atoms with Gasteiger partial charge in [0.1, 0.15) is 0 Å². The van der Waals surface area contributed by atoms with Crippen molar-refractivity contribution in [3.05, 3.63) is 53.6 Å². The first-order chi connectivity index (χ1) is 14.4. The van der Waals surface area contributed by atoms with Gasteiger partial charge in [-0.25, -0.2) is 4.98 Å². The van der Waals surface area contributed by atoms with Crippen molar-refractivity contribution >= 4 is 50.1 Å². The second-order valence-corrected chi connectivity index (χ2v) is 8.56. The van der Waals surface area contributed by atoms with Crippen LogP contribution in [-0.2, 0) is 20.9 Å². The van der Waals surface area contributed by atoms with Crippen LogP contribution in [0.4, 0.5) is 10.8 Å². The molecule has 154 valence electrons. The molecule has 3 aromatic rings. The topological polar surface area (TPSA) is 91.4 Å². The SMILES string of the molecule is CC(=O)Nc1nc2ccc(NC(=O)C3CC(=O)N(Cc4ccc(C)cc4)C3)cc2s1. The molecule has 1 fully saturated rings. The van der Waals surface area contributed by atoms with E-state index in [0.717, 1.165) is 15.8 Å². The number of hydrogen-bond acceptors (Lipinski definition) is 5. The molecule has 0 spiro atoms. The van der Waals surface area contributed by atoms with Crippen LogP contribution in [0.5, 0.6) is 0 Å². The quantitative estimate of drug-likeness (QED) is 0.658. The summed E-state index contributed by atoms with van der Waals surface area (Å²) in [6.45, 7) is 4.38. The minimum absolute atomic E-state index is 0.00594. The third-order valence-corrected chi connectivity index (χ3v) is 5.95. The average Bonchev–Trinajstić information content (AvgIpc) is 3.25. The molecule has 1 aliphatic rings. The summed E-state index contributed by atoms with van der Waals surface area (Å²) in [4.78, 5) is 42.4. The number of benzene rings is 2. The fourth-order valence-corrected chi connectivity index (χ4v) is 4.42. The second-order valence-electron chi connectivity index (χ2n) is 7.53. The van der Waals surface area contributed by atoms with E-state index >= 15 is 0 Å². The molecular weight excluding hydrogens is 400 g/mol. The van der Waals surface area contributed by atoms with Crippen LogP contribution in [0.2, 0.25) is 0 Å². The zero-order valence-electron chi connectivity index (χ0n) is 16.8. The van der Waals surface area contributed by atoms with Crippen molar-refractivity contribution in [1.29, 1.82) is 0 Å². The van der Waals surface area contributed by atoms with E-state index in [2.05, 4.69) is 15.6 Å². The van der Waals surface area contributed by atoms with Crippen LogP contribution < -0.4 is 10.6 Å². The third-order valence-electron chi connectivity index (χ3n) is 5.02. The molecule has 4 rings (SSSR count). The molecule has 0 saturated carbocycles. The summed E-state index contributed by atoms with van der Waals surface area (Å²) >= 11 is 1.35. The Morgan fingerprint density at radius 3 is 2.67 bits per heavy atom. The highest BCUT2D eigenvalue weighted by Gasteiger charge is 2.34. The van der Waals surface area contributed by atoms with Crippen LogP contribution in [0.3, 0.4) is 0 Å². The van der Waals surface area contributed by atoms with Crippen molar-refractivity contribution in [3.8, 4) is 0 Å². The maximum absolute atomic E-state index is 12.7. The predicted molar refractivity (Wildman–Crippen MR) is 117 cm³/mol. The van der Waals surface area contributed by atoms with E-state index in [4.69, 9.17) is 0 Å². The smallest absolute Gasteiger partial charge is 0.229 e. The van der Waals surface area contributed by atoms with Gasteiger partial charge in [0.25, 0.3) is 0 Å². The summed E-state index contributed by atoms with van der Waals surface area (Å²) in [5.41, 5.74) is 3.63. The molecule has 2 heterocycles. The first kappa shape index (κ1) is 20.0. The van der Waals surface area contributed by atoms with Gasteiger partial charge >= 0.3 is 0 Å². The number of hydrogen-bond donors (Lipinski definition) is 2. The normalized spacial score (nSPS) is 16.1. The van der Waals surface area contributed by atoms with Gasteiger partial charge in [-0.05, 0) is 30.7 Å². The number of carbonyl (C=O) groups is 3. The molecule has 7 nitrogen and oxygen atoms in total. The molecular formula is C22H22N4O3S. The number of aromatic nitrogens is 1. The van der Waals surface area contributed by atoms with Crippen molar-refractivity contribution < 1.29 is 14.4 Å². The standard InChI is InChI=1S/C22H22N4O3S/c1-13-3-5-15(6-4-13)11-26-12-16(9-20(26)28)21(29)24-17-7-8-18-19(10-17)30-22(25-18)23-14(2)27/h3-8,10,16H,9,11-12H2,1-2H3,(H,24,29)(H,23,25,27). The Bertz CT molecular complexity index is 1120. The van der Waals surface area contributed by atoms with Crippen LogP contribution in [0, 0.1) is 12.8 Å². The maximum atomic E-state index is 12.7. The molecule has 0 bridgehead atoms. The summed E-state index contributed by atoms with van der Waals surface area (Å²) in [5.74, 6) is -0.729. The number of thiazole rings is 1. The van der Waals surface area contributed by atoms with Gasteiger partial charge in [0.15, 0.2) is 5.13 Å². The fraction of sp³-hybridized carbons (Fsp3) is 0.273. The van der Waals surface area contributed by atoms with Gasteiger partial charge in [0.2, 0.25) is 17.7 Å². The molecule has 0 radical (unpaired) electrons. The molecule has 1 saturated heterocycles. The lowest BCUT2D eigenvalue weighted by Crippen LogP contribution is -2.28. The Morgan fingerprint density at radius 2 is 1.93 bits per heavy atom. The number of likely N-dealkylation sites (tertiary alicyclic amines) is 1. The van der Waals surface area contributed by atoms with Gasteiger partial charge < -0.3 is 15.5 Å². The number of nitrogens with one attached hydrogen (secondary N) is 2. The lowest BCUT2D eigenvalue weighted by atomic mass is 10.1. The van der Waals surface area contributed by atoms with Gasteiger partial charge in [-0.3, -0.25) is 14.4 Å². The average molecular weight is 423 g/mol. The van der Waals surface area contributed by atoms with Crippen LogP contribution in [0.25, 0.3) is 10.2 Å². The van der Waals surface area contributed by atoms with Crippen molar-refractivity contribution in [3.63, 3.8) is 0 Å². The van der Waals surface area contributed by atoms with Gasteiger partial charge in [-0.1, -0.05) is 41.2 Å². The number of aryl methyl sites for hydroxylation is 1. The second kappa shape index (κ2) is 8.23. The fourth-order valence-electron chi connectivity index (χ4n) is 3.47. The molecule has 3 amide bonds. The Labute approximate surface area is 178 Å². The van der Waals surface area contributed by atoms with Crippen molar-refractivity contribution in [2.75, 3.05) is 17.2 Å². The highest BCUT2D eigenvalue weighted by atomic mass is 32.1. The van der Waals surface area contributed by atoms with Crippen molar-refractivity contribution in [2.24, 2.45) is 5.92 Å². The highest BCUT2D eigenvalue weighted by Crippen LogP contribution is 2.29. The molecule has 2 aromatic carbocycles. The number of nitrogens with zero attached hydrogens (tertiary/aromatic N) is 2. The van der Waals surface area contributed by atoms with E-state index in [-0.39, 0.29) is 30.1 Å². The summed E-state index contributed by atoms with van der Waals surface area (Å²) in [6.07, 6.45) is 0.215. The summed E-state index contributed by atoms with van der Waals surface area (Å²) in [6, 6.07) is 13.5. The zero-order valence-corrected chi connectivity index (χ0v) is 17.6. The number of anilines is 2. The van der Waals surface area contributed by atoms with Gasteiger partial charge in [0.05, 0.1) is 16.1 Å². The summed E-state index contributed by atoms with van der Waals surface area (Å²) in [7, 11) is 0. The van der Waals surface area contributed by atoms with Gasteiger partial charge in [-0.15, -0.1) is 0 Å². The molecule has 1 atom stereocenters. The van der Waals surface area contributed by atoms with Gasteiger partial charge in [-0.2, -0.15) is 0 Å². The van der Waals surface area contributed by atoms with E-state index in [0.29, 0.717) is 23.9 Å². The highest BCUT2D eigenvalue weighted by molar-refractivity contribution is 7.22. The Hall–Kier alpha value is -3.26. The van der Waals surface area contributed by atoms with E-state index < -0.39 is 0 Å². The van der Waals surface area contributed by atoms with E-state index in [9.17, 15) is 14.4 Å². The van der Waals surface area contributed by atoms with Crippen LogP contribution in [0.1, 0.15) is 24.5 Å². The monoisotopic (exact) mass is 422 g/mol. The number of amides is 3. The molecule has 1 aliphatic heterocycles. The van der Waals surface area contributed by atoms with Crippen LogP contribution >= 0.6 is 11.3 Å². The first-order valence-corrected chi connectivity index (χ1v) is 10.5. The van der Waals surface area contributed by atoms with Crippen LogP contribution in [0.15, 0.2) is 42.5 Å². The van der Waals surface area contributed by atoms with E-state index in [1.54, 1.807) is 17.0 Å². The Balaban J connectivity index is 1.40. The van der Waals surface area contributed by atoms with Crippen molar-refractivity contribution in [2.45, 2.75) is 26.8 Å². The molecule has 0 aliphatic carbocycles. The van der Waals surface area contributed by atoms with E-state index in [1.807, 2.05) is 37.3 Å². The Kier molecular flexibility index (Phi) is 5.50. The predicted octanol–water partition coefficient (Wildman–Crippen LogP) is 3.55. The minimum atomic E-state index is -0.380. The molecule has 30 heavy (non-hydrogen) atoms. The van der Waals surface area contributed by atoms with Crippen molar-refractivity contribution in [1.82, 2.24) is 9.88 Å².